The van der Waals surface area contributed by atoms with Crippen LogP contribution in [0.25, 0.3) is 32.9 Å². The van der Waals surface area contributed by atoms with Crippen LogP contribution < -0.4 is 9.64 Å². The number of aromatic amines is 1. The molecular weight excluding hydrogens is 540 g/mol. The van der Waals surface area contributed by atoms with Crippen LogP contribution in [0.3, 0.4) is 0 Å². The second-order valence-corrected chi connectivity index (χ2v) is 10.5. The van der Waals surface area contributed by atoms with Gasteiger partial charge in [0.15, 0.2) is 5.82 Å². The van der Waals surface area contributed by atoms with Crippen molar-refractivity contribution >= 4 is 45.1 Å². The van der Waals surface area contributed by atoms with Crippen molar-refractivity contribution < 1.29 is 18.3 Å². The summed E-state index contributed by atoms with van der Waals surface area (Å²) < 4.78 is 37.7. The highest BCUT2D eigenvalue weighted by atomic mass is 35.5. The molecule has 4 heterocycles. The molecule has 1 atom stereocenters. The van der Waals surface area contributed by atoms with E-state index in [2.05, 4.69) is 31.6 Å². The number of anilines is 1. The summed E-state index contributed by atoms with van der Waals surface area (Å²) >= 11 is 6.66. The number of likely N-dealkylation sites (N-methyl/N-ethyl adjacent to an activating group) is 1. The first-order valence-electron chi connectivity index (χ1n) is 13.2. The number of halogens is 3. The summed E-state index contributed by atoms with van der Waals surface area (Å²) in [5.74, 6) is -1.13. The molecular formula is C28H28ClF2N7O2. The van der Waals surface area contributed by atoms with Gasteiger partial charge in [0.1, 0.15) is 23.8 Å². The molecule has 2 aromatic heterocycles. The molecule has 2 fully saturated rings. The number of piperazine rings is 1. The Labute approximate surface area is 234 Å². The van der Waals surface area contributed by atoms with E-state index in [1.54, 1.807) is 17.0 Å². The summed E-state index contributed by atoms with van der Waals surface area (Å²) in [6.07, 6.45) is 4.88. The van der Waals surface area contributed by atoms with Crippen molar-refractivity contribution in [3.63, 3.8) is 0 Å². The average Bonchev–Trinajstić information content (AvgIpc) is 3.61. The number of fused-ring (bicyclic) bond motifs is 2. The zero-order valence-electron chi connectivity index (χ0n) is 22.0. The smallest absolute Gasteiger partial charge is 0.319 e. The number of carbonyl (C=O) groups is 1. The first kappa shape index (κ1) is 26.4. The van der Waals surface area contributed by atoms with Gasteiger partial charge in [-0.05, 0) is 50.7 Å². The van der Waals surface area contributed by atoms with E-state index in [0.717, 1.165) is 19.4 Å². The number of H-pyrrole nitrogens is 1. The SMILES string of the molecule is C=CC(=O)N1CCN(c2nc(OC[C@@H]3CCCN3C)nc3c(F)c(-c4c(F)ccc5cn[nH]c45)c(Cl)cc23)CC1. The number of nitrogens with one attached hydrogen (secondary N) is 1. The molecule has 0 spiro atoms. The first-order valence-corrected chi connectivity index (χ1v) is 13.5. The van der Waals surface area contributed by atoms with Gasteiger partial charge in [0, 0.05) is 54.1 Å². The number of hydrogen-bond donors (Lipinski definition) is 1. The van der Waals surface area contributed by atoms with Crippen molar-refractivity contribution in [2.24, 2.45) is 0 Å². The number of rotatable bonds is 6. The van der Waals surface area contributed by atoms with Crippen LogP contribution >= 0.6 is 11.6 Å². The Morgan fingerprint density at radius 1 is 1.20 bits per heavy atom. The minimum atomic E-state index is -0.782. The molecule has 12 heteroatoms. The van der Waals surface area contributed by atoms with E-state index in [9.17, 15) is 4.79 Å². The third-order valence-electron chi connectivity index (χ3n) is 7.80. The predicted molar refractivity (Wildman–Crippen MR) is 150 cm³/mol. The van der Waals surface area contributed by atoms with E-state index >= 15 is 8.78 Å². The minimum absolute atomic E-state index is 0.0116. The largest absolute Gasteiger partial charge is 0.462 e. The number of nitrogens with zero attached hydrogens (tertiary/aromatic N) is 6. The van der Waals surface area contributed by atoms with E-state index in [1.807, 2.05) is 11.9 Å². The number of carbonyl (C=O) groups excluding carboxylic acids is 1. The van der Waals surface area contributed by atoms with Gasteiger partial charge < -0.3 is 19.4 Å². The van der Waals surface area contributed by atoms with Crippen LogP contribution in [0.2, 0.25) is 5.02 Å². The summed E-state index contributed by atoms with van der Waals surface area (Å²) in [5.41, 5.74) is 0.165. The second kappa shape index (κ2) is 10.6. The molecule has 0 unspecified atom stereocenters. The molecule has 0 aliphatic carbocycles. The van der Waals surface area contributed by atoms with Gasteiger partial charge in [-0.15, -0.1) is 0 Å². The normalized spacial score (nSPS) is 18.1. The van der Waals surface area contributed by atoms with Crippen molar-refractivity contribution in [1.29, 1.82) is 0 Å². The molecule has 40 heavy (non-hydrogen) atoms. The molecule has 2 saturated heterocycles. The van der Waals surface area contributed by atoms with Gasteiger partial charge in [-0.3, -0.25) is 9.89 Å². The number of aromatic nitrogens is 4. The van der Waals surface area contributed by atoms with Crippen LogP contribution in [0.15, 0.2) is 37.1 Å². The lowest BCUT2D eigenvalue weighted by atomic mass is 9.99. The Morgan fingerprint density at radius 3 is 2.73 bits per heavy atom. The third kappa shape index (κ3) is 4.62. The minimum Gasteiger partial charge on any atom is -0.462 e. The Hall–Kier alpha value is -3.83. The molecule has 0 saturated carbocycles. The summed E-state index contributed by atoms with van der Waals surface area (Å²) in [6, 6.07) is 4.62. The average molecular weight is 568 g/mol. The summed E-state index contributed by atoms with van der Waals surface area (Å²) in [7, 11) is 2.04. The maximum atomic E-state index is 16.5. The van der Waals surface area contributed by atoms with E-state index < -0.39 is 11.6 Å². The first-order chi connectivity index (χ1) is 19.4. The maximum Gasteiger partial charge on any atom is 0.319 e. The van der Waals surface area contributed by atoms with Crippen LogP contribution in [0.5, 0.6) is 6.01 Å². The van der Waals surface area contributed by atoms with Crippen LogP contribution in [-0.4, -0.2) is 88.3 Å². The summed E-state index contributed by atoms with van der Waals surface area (Å²) in [5, 5.41) is 7.74. The molecule has 4 aromatic rings. The molecule has 2 aliphatic heterocycles. The van der Waals surface area contributed by atoms with E-state index in [4.69, 9.17) is 16.3 Å². The van der Waals surface area contributed by atoms with Gasteiger partial charge >= 0.3 is 6.01 Å². The highest BCUT2D eigenvalue weighted by Gasteiger charge is 2.28. The van der Waals surface area contributed by atoms with Crippen molar-refractivity contribution in [2.75, 3.05) is 51.3 Å². The molecule has 6 rings (SSSR count). The van der Waals surface area contributed by atoms with Gasteiger partial charge in [0.2, 0.25) is 5.91 Å². The predicted octanol–water partition coefficient (Wildman–Crippen LogP) is 4.41. The highest BCUT2D eigenvalue weighted by Crippen LogP contribution is 2.42. The summed E-state index contributed by atoms with van der Waals surface area (Å²) in [4.78, 5) is 27.1. The number of ether oxygens (including phenoxy) is 1. The molecule has 208 valence electrons. The maximum absolute atomic E-state index is 16.5. The van der Waals surface area contributed by atoms with Gasteiger partial charge in [-0.1, -0.05) is 18.2 Å². The molecule has 1 N–H and O–H groups in total. The number of benzene rings is 2. The molecule has 2 aliphatic rings. The lowest BCUT2D eigenvalue weighted by molar-refractivity contribution is -0.126. The fraction of sp³-hybridized carbons (Fsp3) is 0.357. The molecule has 0 radical (unpaired) electrons. The van der Waals surface area contributed by atoms with E-state index in [-0.39, 0.29) is 39.6 Å². The topological polar surface area (TPSA) is 90.5 Å². The monoisotopic (exact) mass is 567 g/mol. The zero-order valence-corrected chi connectivity index (χ0v) is 22.7. The molecule has 9 nitrogen and oxygen atoms in total. The molecule has 0 bridgehead atoms. The van der Waals surface area contributed by atoms with Crippen LogP contribution in [-0.2, 0) is 4.79 Å². The number of hydrogen-bond acceptors (Lipinski definition) is 7. The Bertz CT molecular complexity index is 1620. The van der Waals surface area contributed by atoms with E-state index in [1.165, 1.54) is 18.3 Å². The van der Waals surface area contributed by atoms with E-state index in [0.29, 0.717) is 54.9 Å². The number of likely N-dealkylation sites (tertiary alicyclic amines) is 1. The van der Waals surface area contributed by atoms with Crippen molar-refractivity contribution in [1.82, 2.24) is 30.0 Å². The van der Waals surface area contributed by atoms with Gasteiger partial charge in [-0.2, -0.15) is 15.1 Å². The summed E-state index contributed by atoms with van der Waals surface area (Å²) in [6.45, 7) is 6.70. The lowest BCUT2D eigenvalue weighted by Gasteiger charge is -2.35. The van der Waals surface area contributed by atoms with Crippen molar-refractivity contribution in [3.8, 4) is 17.1 Å². The van der Waals surface area contributed by atoms with Crippen LogP contribution in [0.4, 0.5) is 14.6 Å². The van der Waals surface area contributed by atoms with Gasteiger partial charge in [0.25, 0.3) is 0 Å². The zero-order chi connectivity index (χ0) is 28.0. The third-order valence-corrected chi connectivity index (χ3v) is 8.10. The van der Waals surface area contributed by atoms with Crippen molar-refractivity contribution in [3.05, 3.63) is 53.7 Å². The molecule has 2 aromatic carbocycles. The van der Waals surface area contributed by atoms with Crippen LogP contribution in [0, 0.1) is 11.6 Å². The van der Waals surface area contributed by atoms with Gasteiger partial charge in [-0.25, -0.2) is 8.78 Å². The Morgan fingerprint density at radius 2 is 2.00 bits per heavy atom. The standard InChI is InChI=1S/C28H28ClF2N7O2/c1-3-21(39)37-9-11-38(12-10-37)27-18-13-19(29)22(23-20(30)7-6-16-14-32-35-25(16)23)24(31)26(18)33-28(34-27)40-15-17-5-4-8-36(17)2/h3,6-7,13-14,17H,1,4-5,8-12,15H2,2H3,(H,32,35)/t17-/m0/s1. The Kier molecular flexibility index (Phi) is 7.01. The highest BCUT2D eigenvalue weighted by molar-refractivity contribution is 6.35. The fourth-order valence-electron chi connectivity index (χ4n) is 5.56. The Balaban J connectivity index is 1.47. The van der Waals surface area contributed by atoms with Crippen molar-refractivity contribution in [2.45, 2.75) is 18.9 Å². The molecule has 1 amide bonds. The lowest BCUT2D eigenvalue weighted by Crippen LogP contribution is -2.48. The quantitative estimate of drug-likeness (QED) is 0.345. The van der Waals surface area contributed by atoms with Crippen LogP contribution in [0.1, 0.15) is 12.8 Å². The fourth-order valence-corrected chi connectivity index (χ4v) is 5.84. The second-order valence-electron chi connectivity index (χ2n) is 10.1. The number of amides is 1. The van der Waals surface area contributed by atoms with Gasteiger partial charge in [0.05, 0.1) is 16.7 Å².